The normalized spacial score (nSPS) is 11.2. The van der Waals surface area contributed by atoms with E-state index in [0.717, 1.165) is 22.3 Å². The van der Waals surface area contributed by atoms with E-state index >= 15 is 0 Å². The summed E-state index contributed by atoms with van der Waals surface area (Å²) in [5.74, 6) is -0.827. The van der Waals surface area contributed by atoms with Crippen molar-refractivity contribution < 1.29 is 18.0 Å². The lowest BCUT2D eigenvalue weighted by molar-refractivity contribution is 0.101. The molecule has 0 atom stereocenters. The maximum Gasteiger partial charge on any atom is 0.255 e. The molecule has 0 heterocycles. The van der Waals surface area contributed by atoms with Gasteiger partial charge in [-0.3, -0.25) is 9.59 Å². The minimum Gasteiger partial charge on any atom is -0.397 e. The van der Waals surface area contributed by atoms with Crippen LogP contribution in [0.25, 0.3) is 0 Å². The van der Waals surface area contributed by atoms with Gasteiger partial charge >= 0.3 is 0 Å². The van der Waals surface area contributed by atoms with Crippen LogP contribution in [0.1, 0.15) is 43.0 Å². The second kappa shape index (κ2) is 10.6. The zero-order valence-corrected chi connectivity index (χ0v) is 22.9. The Kier molecular flexibility index (Phi) is 7.47. The molecule has 0 unspecified atom stereocenters. The number of carbonyl (C=O) groups is 2. The molecule has 4 aromatic rings. The first kappa shape index (κ1) is 27.4. The van der Waals surface area contributed by atoms with Gasteiger partial charge in [0, 0.05) is 11.1 Å². The van der Waals surface area contributed by atoms with Crippen molar-refractivity contribution in [1.82, 2.24) is 0 Å². The van der Waals surface area contributed by atoms with Crippen LogP contribution in [0, 0.1) is 27.7 Å². The fraction of sp³-hybridized carbons (Fsp3) is 0.133. The lowest BCUT2D eigenvalue weighted by atomic mass is 10.1. The summed E-state index contributed by atoms with van der Waals surface area (Å²) in [5, 5.41) is 5.41. The zero-order chi connectivity index (χ0) is 28.5. The van der Waals surface area contributed by atoms with Gasteiger partial charge < -0.3 is 22.1 Å². The number of anilines is 4. The smallest absolute Gasteiger partial charge is 0.255 e. The highest BCUT2D eigenvalue weighted by atomic mass is 32.2. The van der Waals surface area contributed by atoms with E-state index in [1.54, 1.807) is 24.3 Å². The van der Waals surface area contributed by atoms with Gasteiger partial charge in [0.1, 0.15) is 0 Å². The summed E-state index contributed by atoms with van der Waals surface area (Å²) in [7, 11) is -4.06. The number of nitrogens with two attached hydrogens (primary N) is 2. The standard InChI is InChI=1S/C30H30N4O4S/c1-17-5-7-21(13-19(17)3)29(35)33-27-15-23(9-11-25(27)31)39(37,38)24-10-12-26(32)28(16-24)34-30(36)22-8-6-18(2)20(4)14-22/h5-16H,31-32H2,1-4H3,(H,33,35)(H,34,36). The number of hydrogen-bond donors (Lipinski definition) is 4. The molecule has 200 valence electrons. The van der Waals surface area contributed by atoms with Crippen LogP contribution < -0.4 is 22.1 Å². The highest BCUT2D eigenvalue weighted by molar-refractivity contribution is 7.91. The minimum absolute atomic E-state index is 0.0803. The van der Waals surface area contributed by atoms with Crippen LogP contribution in [-0.4, -0.2) is 20.2 Å². The van der Waals surface area contributed by atoms with Gasteiger partial charge in [-0.25, -0.2) is 8.42 Å². The van der Waals surface area contributed by atoms with Crippen LogP contribution in [0.5, 0.6) is 0 Å². The number of nitrogens with one attached hydrogen (secondary N) is 2. The molecule has 39 heavy (non-hydrogen) atoms. The third-order valence-corrected chi connectivity index (χ3v) is 8.45. The summed E-state index contributed by atoms with van der Waals surface area (Å²) < 4.78 is 27.1. The topological polar surface area (TPSA) is 144 Å². The van der Waals surface area contributed by atoms with Crippen molar-refractivity contribution in [1.29, 1.82) is 0 Å². The molecule has 0 aliphatic heterocycles. The van der Waals surface area contributed by atoms with Gasteiger partial charge in [-0.05, 0) is 111 Å². The number of rotatable bonds is 6. The quantitative estimate of drug-likeness (QED) is 0.239. The summed E-state index contributed by atoms with van der Waals surface area (Å²) in [5.41, 5.74) is 17.7. The lowest BCUT2D eigenvalue weighted by Gasteiger charge is -2.14. The number of benzene rings is 4. The molecule has 0 aromatic heterocycles. The monoisotopic (exact) mass is 542 g/mol. The van der Waals surface area contributed by atoms with Crippen molar-refractivity contribution in [2.24, 2.45) is 0 Å². The first-order valence-electron chi connectivity index (χ1n) is 12.2. The van der Waals surface area contributed by atoms with Crippen LogP contribution in [0.2, 0.25) is 0 Å². The SMILES string of the molecule is Cc1ccc(C(=O)Nc2cc(S(=O)(=O)c3ccc(N)c(NC(=O)c4ccc(C)c(C)c4)c3)ccc2N)cc1C. The predicted molar refractivity (Wildman–Crippen MR) is 155 cm³/mol. The number of sulfone groups is 1. The Morgan fingerprint density at radius 3 is 1.31 bits per heavy atom. The summed E-state index contributed by atoms with van der Waals surface area (Å²) in [6.45, 7) is 7.69. The maximum atomic E-state index is 13.5. The Morgan fingerprint density at radius 2 is 0.949 bits per heavy atom. The molecule has 4 aromatic carbocycles. The first-order valence-corrected chi connectivity index (χ1v) is 13.7. The summed E-state index contributed by atoms with van der Waals surface area (Å²) in [4.78, 5) is 25.5. The van der Waals surface area contributed by atoms with Crippen LogP contribution in [0.15, 0.2) is 82.6 Å². The summed E-state index contributed by atoms with van der Waals surface area (Å²) in [6, 6.07) is 18.8. The largest absolute Gasteiger partial charge is 0.397 e. The summed E-state index contributed by atoms with van der Waals surface area (Å²) in [6.07, 6.45) is 0. The average molecular weight is 543 g/mol. The highest BCUT2D eigenvalue weighted by Crippen LogP contribution is 2.31. The number of nitrogen functional groups attached to an aromatic ring is 2. The Balaban J connectivity index is 1.62. The molecule has 0 fully saturated rings. The number of carbonyl (C=O) groups excluding carboxylic acids is 2. The van der Waals surface area contributed by atoms with E-state index in [2.05, 4.69) is 10.6 Å². The molecule has 0 spiro atoms. The van der Waals surface area contributed by atoms with Gasteiger partial charge in [-0.15, -0.1) is 0 Å². The van der Waals surface area contributed by atoms with E-state index in [9.17, 15) is 18.0 Å². The van der Waals surface area contributed by atoms with Gasteiger partial charge in [-0.1, -0.05) is 12.1 Å². The first-order chi connectivity index (χ1) is 18.4. The molecular weight excluding hydrogens is 512 g/mol. The minimum atomic E-state index is -4.06. The Hall–Kier alpha value is -4.63. The van der Waals surface area contributed by atoms with Gasteiger partial charge in [0.15, 0.2) is 0 Å². The van der Waals surface area contributed by atoms with Gasteiger partial charge in [0.2, 0.25) is 9.84 Å². The Bertz CT molecular complexity index is 1610. The van der Waals surface area contributed by atoms with E-state index < -0.39 is 21.7 Å². The van der Waals surface area contributed by atoms with Crippen molar-refractivity contribution in [2.75, 3.05) is 22.1 Å². The molecule has 0 bridgehead atoms. The van der Waals surface area contributed by atoms with Gasteiger partial charge in [-0.2, -0.15) is 0 Å². The van der Waals surface area contributed by atoms with Crippen LogP contribution in [0.3, 0.4) is 0 Å². The third kappa shape index (κ3) is 5.78. The molecule has 6 N–H and O–H groups in total. The van der Waals surface area contributed by atoms with E-state index in [-0.39, 0.29) is 32.5 Å². The van der Waals surface area contributed by atoms with Crippen molar-refractivity contribution in [3.05, 3.63) is 106 Å². The van der Waals surface area contributed by atoms with Crippen LogP contribution in [-0.2, 0) is 9.84 Å². The number of amides is 2. The van der Waals surface area contributed by atoms with Crippen LogP contribution in [0.4, 0.5) is 22.7 Å². The lowest BCUT2D eigenvalue weighted by Crippen LogP contribution is -2.15. The fourth-order valence-electron chi connectivity index (χ4n) is 3.91. The molecule has 0 aliphatic carbocycles. The molecule has 4 rings (SSSR count). The Morgan fingerprint density at radius 1 is 0.564 bits per heavy atom. The number of hydrogen-bond acceptors (Lipinski definition) is 6. The molecule has 9 heteroatoms. The molecule has 0 saturated carbocycles. The van der Waals surface area contributed by atoms with Crippen molar-refractivity contribution in [3.63, 3.8) is 0 Å². The van der Waals surface area contributed by atoms with Crippen molar-refractivity contribution in [3.8, 4) is 0 Å². The molecule has 0 aliphatic rings. The molecule has 0 radical (unpaired) electrons. The third-order valence-electron chi connectivity index (χ3n) is 6.70. The second-order valence-corrected chi connectivity index (χ2v) is 11.5. The number of aryl methyl sites for hydroxylation is 4. The second-order valence-electron chi connectivity index (χ2n) is 9.51. The highest BCUT2D eigenvalue weighted by Gasteiger charge is 2.22. The molecular formula is C30H30N4O4S. The van der Waals surface area contributed by atoms with Crippen molar-refractivity contribution in [2.45, 2.75) is 37.5 Å². The predicted octanol–water partition coefficient (Wildman–Crippen LogP) is 5.42. The fourth-order valence-corrected chi connectivity index (χ4v) is 5.22. The van der Waals surface area contributed by atoms with Crippen molar-refractivity contribution >= 4 is 44.4 Å². The van der Waals surface area contributed by atoms with E-state index in [0.29, 0.717) is 11.1 Å². The molecule has 8 nitrogen and oxygen atoms in total. The van der Waals surface area contributed by atoms with E-state index in [1.165, 1.54) is 36.4 Å². The summed E-state index contributed by atoms with van der Waals surface area (Å²) >= 11 is 0. The maximum absolute atomic E-state index is 13.5. The Labute approximate surface area is 228 Å². The van der Waals surface area contributed by atoms with Crippen LogP contribution >= 0.6 is 0 Å². The van der Waals surface area contributed by atoms with E-state index in [1.807, 2.05) is 39.8 Å². The molecule has 0 saturated heterocycles. The van der Waals surface area contributed by atoms with Gasteiger partial charge in [0.05, 0.1) is 32.5 Å². The molecule has 2 amide bonds. The zero-order valence-electron chi connectivity index (χ0n) is 22.1. The van der Waals surface area contributed by atoms with Gasteiger partial charge in [0.25, 0.3) is 11.8 Å². The average Bonchev–Trinajstić information content (AvgIpc) is 2.89. The van der Waals surface area contributed by atoms with E-state index in [4.69, 9.17) is 11.5 Å².